The zero-order valence-corrected chi connectivity index (χ0v) is 6.28. The summed E-state index contributed by atoms with van der Waals surface area (Å²) < 4.78 is 0. The van der Waals surface area contributed by atoms with Crippen LogP contribution in [0.2, 0.25) is 0 Å². The molecule has 0 spiro atoms. The van der Waals surface area contributed by atoms with Crippen molar-refractivity contribution >= 4 is 0 Å². The van der Waals surface area contributed by atoms with Crippen LogP contribution in [0.3, 0.4) is 0 Å². The molecule has 1 atom stereocenters. The van der Waals surface area contributed by atoms with Gasteiger partial charge in [0.15, 0.2) is 0 Å². The number of allylic oxidation sites excluding steroid dienone is 3. The first-order chi connectivity index (χ1) is 4.20. The average Bonchev–Trinajstić information content (AvgIpc) is 1.80. The Bertz CT molecular complexity index is 151. The molecule has 0 aliphatic heterocycles. The standard InChI is InChI=1S/C9H14/c1-7-4-5-8(2)9(3)6-7/h6,8H,1,4-5H2,2-3H3. The van der Waals surface area contributed by atoms with Gasteiger partial charge in [0.1, 0.15) is 0 Å². The smallest absolute Gasteiger partial charge is 0.0228 e. The second-order valence-electron chi connectivity index (χ2n) is 2.99. The first-order valence-corrected chi connectivity index (χ1v) is 3.56. The zero-order chi connectivity index (χ0) is 6.85. The summed E-state index contributed by atoms with van der Waals surface area (Å²) in [5.41, 5.74) is 2.79. The highest BCUT2D eigenvalue weighted by Crippen LogP contribution is 2.25. The fourth-order valence-electron chi connectivity index (χ4n) is 1.17. The van der Waals surface area contributed by atoms with E-state index >= 15 is 0 Å². The molecule has 0 aromatic rings. The molecule has 1 aliphatic rings. The normalized spacial score (nSPS) is 28.0. The van der Waals surface area contributed by atoms with E-state index in [0.29, 0.717) is 0 Å². The van der Waals surface area contributed by atoms with E-state index < -0.39 is 0 Å². The molecular weight excluding hydrogens is 108 g/mol. The Morgan fingerprint density at radius 3 is 2.78 bits per heavy atom. The van der Waals surface area contributed by atoms with E-state index in [4.69, 9.17) is 0 Å². The van der Waals surface area contributed by atoms with Crippen LogP contribution in [0.25, 0.3) is 0 Å². The fourth-order valence-corrected chi connectivity index (χ4v) is 1.17. The molecule has 0 amide bonds. The van der Waals surface area contributed by atoms with Gasteiger partial charge in [-0.25, -0.2) is 0 Å². The topological polar surface area (TPSA) is 0 Å². The van der Waals surface area contributed by atoms with Crippen molar-refractivity contribution in [3.8, 4) is 0 Å². The lowest BCUT2D eigenvalue weighted by Crippen LogP contribution is -2.02. The van der Waals surface area contributed by atoms with Gasteiger partial charge in [-0.3, -0.25) is 0 Å². The van der Waals surface area contributed by atoms with Crippen LogP contribution in [0.4, 0.5) is 0 Å². The van der Waals surface area contributed by atoms with Crippen LogP contribution in [-0.2, 0) is 0 Å². The summed E-state index contributed by atoms with van der Waals surface area (Å²) >= 11 is 0. The summed E-state index contributed by atoms with van der Waals surface area (Å²) in [4.78, 5) is 0. The lowest BCUT2D eigenvalue weighted by atomic mass is 9.88. The Balaban J connectivity index is 2.72. The summed E-state index contributed by atoms with van der Waals surface area (Å²) in [5.74, 6) is 0.787. The summed E-state index contributed by atoms with van der Waals surface area (Å²) in [7, 11) is 0. The van der Waals surface area contributed by atoms with Crippen LogP contribution < -0.4 is 0 Å². The maximum Gasteiger partial charge on any atom is -0.0228 e. The molecule has 9 heavy (non-hydrogen) atoms. The van der Waals surface area contributed by atoms with Crippen molar-refractivity contribution in [3.05, 3.63) is 23.8 Å². The summed E-state index contributed by atoms with van der Waals surface area (Å²) in [5, 5.41) is 0. The molecule has 0 heterocycles. The molecule has 0 aromatic heterocycles. The predicted molar refractivity (Wildman–Crippen MR) is 41.3 cm³/mol. The quantitative estimate of drug-likeness (QED) is 0.463. The lowest BCUT2D eigenvalue weighted by molar-refractivity contribution is 0.595. The van der Waals surface area contributed by atoms with E-state index in [1.807, 2.05) is 0 Å². The van der Waals surface area contributed by atoms with E-state index in [2.05, 4.69) is 26.5 Å². The minimum Gasteiger partial charge on any atom is -0.0958 e. The third-order valence-electron chi connectivity index (χ3n) is 2.11. The number of hydrogen-bond acceptors (Lipinski definition) is 0. The largest absolute Gasteiger partial charge is 0.0958 e. The van der Waals surface area contributed by atoms with Gasteiger partial charge in [-0.1, -0.05) is 30.7 Å². The molecule has 1 aliphatic carbocycles. The van der Waals surface area contributed by atoms with Crippen molar-refractivity contribution in [1.29, 1.82) is 0 Å². The predicted octanol–water partition coefficient (Wildman–Crippen LogP) is 2.92. The molecule has 0 radical (unpaired) electrons. The highest BCUT2D eigenvalue weighted by atomic mass is 14.1. The first-order valence-electron chi connectivity index (χ1n) is 3.56. The first kappa shape index (κ1) is 6.60. The number of rotatable bonds is 0. The molecule has 0 bridgehead atoms. The van der Waals surface area contributed by atoms with Crippen molar-refractivity contribution in [2.45, 2.75) is 26.7 Å². The van der Waals surface area contributed by atoms with Crippen LogP contribution in [0.15, 0.2) is 23.8 Å². The molecule has 0 nitrogen and oxygen atoms in total. The van der Waals surface area contributed by atoms with E-state index in [1.165, 1.54) is 24.0 Å². The van der Waals surface area contributed by atoms with E-state index in [0.717, 1.165) is 5.92 Å². The molecule has 1 unspecified atom stereocenters. The van der Waals surface area contributed by atoms with Gasteiger partial charge < -0.3 is 0 Å². The second kappa shape index (κ2) is 2.38. The van der Waals surface area contributed by atoms with Gasteiger partial charge in [0, 0.05) is 0 Å². The van der Waals surface area contributed by atoms with Gasteiger partial charge in [0.25, 0.3) is 0 Å². The molecule has 0 fully saturated rings. The van der Waals surface area contributed by atoms with E-state index in [1.54, 1.807) is 0 Å². The SMILES string of the molecule is C=C1C=C(C)C(C)CC1. The van der Waals surface area contributed by atoms with Gasteiger partial charge in [-0.2, -0.15) is 0 Å². The van der Waals surface area contributed by atoms with Gasteiger partial charge >= 0.3 is 0 Å². The summed E-state index contributed by atoms with van der Waals surface area (Å²) in [6, 6.07) is 0. The maximum absolute atomic E-state index is 3.92. The van der Waals surface area contributed by atoms with Crippen molar-refractivity contribution in [3.63, 3.8) is 0 Å². The van der Waals surface area contributed by atoms with Crippen molar-refractivity contribution in [1.82, 2.24) is 0 Å². The van der Waals surface area contributed by atoms with Gasteiger partial charge in [-0.15, -0.1) is 0 Å². The molecule has 0 aromatic carbocycles. The average molecular weight is 122 g/mol. The van der Waals surface area contributed by atoms with Crippen LogP contribution >= 0.6 is 0 Å². The third kappa shape index (κ3) is 1.44. The zero-order valence-electron chi connectivity index (χ0n) is 6.28. The van der Waals surface area contributed by atoms with Crippen molar-refractivity contribution in [2.24, 2.45) is 5.92 Å². The highest BCUT2D eigenvalue weighted by molar-refractivity contribution is 5.24. The van der Waals surface area contributed by atoms with Gasteiger partial charge in [-0.05, 0) is 25.7 Å². The van der Waals surface area contributed by atoms with E-state index in [9.17, 15) is 0 Å². The molecular formula is C9H14. The molecule has 1 rings (SSSR count). The molecule has 50 valence electrons. The Kier molecular flexibility index (Phi) is 1.75. The van der Waals surface area contributed by atoms with Crippen molar-refractivity contribution in [2.75, 3.05) is 0 Å². The monoisotopic (exact) mass is 122 g/mol. The van der Waals surface area contributed by atoms with Crippen LogP contribution in [0.5, 0.6) is 0 Å². The molecule has 0 saturated carbocycles. The Labute approximate surface area is 57.3 Å². The Morgan fingerprint density at radius 2 is 2.33 bits per heavy atom. The third-order valence-corrected chi connectivity index (χ3v) is 2.11. The molecule has 0 heteroatoms. The van der Waals surface area contributed by atoms with Crippen LogP contribution in [0, 0.1) is 5.92 Å². The Hall–Kier alpha value is -0.520. The van der Waals surface area contributed by atoms with Crippen LogP contribution in [-0.4, -0.2) is 0 Å². The second-order valence-corrected chi connectivity index (χ2v) is 2.99. The fraction of sp³-hybridized carbons (Fsp3) is 0.556. The summed E-state index contributed by atoms with van der Waals surface area (Å²) in [6.45, 7) is 8.39. The van der Waals surface area contributed by atoms with E-state index in [-0.39, 0.29) is 0 Å². The molecule has 0 N–H and O–H groups in total. The van der Waals surface area contributed by atoms with Gasteiger partial charge in [0.2, 0.25) is 0 Å². The van der Waals surface area contributed by atoms with Gasteiger partial charge in [0.05, 0.1) is 0 Å². The minimum absolute atomic E-state index is 0.787. The Morgan fingerprint density at radius 1 is 1.67 bits per heavy atom. The summed E-state index contributed by atoms with van der Waals surface area (Å²) in [6.07, 6.45) is 4.70. The minimum atomic E-state index is 0.787. The van der Waals surface area contributed by atoms with Crippen molar-refractivity contribution < 1.29 is 0 Å². The van der Waals surface area contributed by atoms with Crippen LogP contribution in [0.1, 0.15) is 26.7 Å². The lowest BCUT2D eigenvalue weighted by Gasteiger charge is -2.17. The maximum atomic E-state index is 3.92. The molecule has 0 saturated heterocycles. The number of hydrogen-bond donors (Lipinski definition) is 0. The highest BCUT2D eigenvalue weighted by Gasteiger charge is 2.09.